The van der Waals surface area contributed by atoms with E-state index in [0.717, 1.165) is 6.54 Å². The van der Waals surface area contributed by atoms with Crippen molar-refractivity contribution >= 4 is 16.6 Å². The molecule has 0 radical (unpaired) electrons. The van der Waals surface area contributed by atoms with Crippen molar-refractivity contribution < 1.29 is 0 Å². The maximum Gasteiger partial charge on any atom is 0.0597 e. The van der Waals surface area contributed by atoms with Crippen LogP contribution in [0.1, 0.15) is 12.0 Å². The highest BCUT2D eigenvalue weighted by atomic mass is 15.0. The van der Waals surface area contributed by atoms with E-state index in [0.29, 0.717) is 0 Å². The summed E-state index contributed by atoms with van der Waals surface area (Å²) in [6.07, 6.45) is 4.72. The summed E-state index contributed by atoms with van der Waals surface area (Å²) in [6.45, 7) is 1.16. The van der Waals surface area contributed by atoms with E-state index in [1.807, 2.05) is 7.05 Å². The topological polar surface area (TPSA) is 17.0 Å². The zero-order valence-electron chi connectivity index (χ0n) is 8.38. The minimum absolute atomic E-state index is 1.16. The molecule has 1 N–H and O–H groups in total. The molecule has 0 atom stereocenters. The maximum atomic E-state index is 3.26. The van der Waals surface area contributed by atoms with Gasteiger partial charge in [0.1, 0.15) is 0 Å². The third-order valence-electron chi connectivity index (χ3n) is 3.10. The fraction of sp³-hybridized carbons (Fsp3) is 0.333. The van der Waals surface area contributed by atoms with Gasteiger partial charge in [0.25, 0.3) is 0 Å². The van der Waals surface area contributed by atoms with Crippen molar-refractivity contribution in [3.05, 3.63) is 30.0 Å². The molecule has 0 amide bonds. The van der Waals surface area contributed by atoms with Gasteiger partial charge in [-0.1, -0.05) is 18.2 Å². The van der Waals surface area contributed by atoms with Gasteiger partial charge in [-0.2, -0.15) is 0 Å². The van der Waals surface area contributed by atoms with Crippen LogP contribution in [0, 0.1) is 0 Å². The van der Waals surface area contributed by atoms with Crippen LogP contribution in [0.15, 0.2) is 24.4 Å². The minimum atomic E-state index is 1.16. The Balaban J connectivity index is 2.42. The van der Waals surface area contributed by atoms with E-state index in [2.05, 4.69) is 34.3 Å². The Morgan fingerprint density at radius 3 is 3.14 bits per heavy atom. The molecular weight excluding hydrogens is 172 g/mol. The molecule has 1 aliphatic heterocycles. The Morgan fingerprint density at radius 2 is 2.29 bits per heavy atom. The van der Waals surface area contributed by atoms with Gasteiger partial charge in [-0.15, -0.1) is 0 Å². The second kappa shape index (κ2) is 2.77. The number of aryl methyl sites for hydroxylation is 2. The number of nitrogens with one attached hydrogen (secondary N) is 1. The van der Waals surface area contributed by atoms with Gasteiger partial charge < -0.3 is 9.88 Å². The van der Waals surface area contributed by atoms with Crippen LogP contribution in [-0.4, -0.2) is 11.6 Å². The zero-order chi connectivity index (χ0) is 9.54. The monoisotopic (exact) mass is 186 g/mol. The number of hydrogen-bond donors (Lipinski definition) is 1. The van der Waals surface area contributed by atoms with Gasteiger partial charge in [0, 0.05) is 25.2 Å². The summed E-state index contributed by atoms with van der Waals surface area (Å²) >= 11 is 0. The van der Waals surface area contributed by atoms with E-state index in [-0.39, 0.29) is 0 Å². The highest BCUT2D eigenvalue weighted by Gasteiger charge is 2.14. The molecule has 0 saturated heterocycles. The minimum Gasteiger partial charge on any atom is -0.386 e. The number of benzene rings is 1. The molecule has 14 heavy (non-hydrogen) atoms. The number of hydrogen-bond acceptors (Lipinski definition) is 1. The van der Waals surface area contributed by atoms with Gasteiger partial charge in [0.05, 0.1) is 11.2 Å². The van der Waals surface area contributed by atoms with Crippen LogP contribution in [0.3, 0.4) is 0 Å². The fourth-order valence-corrected chi connectivity index (χ4v) is 2.45. The smallest absolute Gasteiger partial charge is 0.0597 e. The molecule has 2 aromatic rings. The van der Waals surface area contributed by atoms with Gasteiger partial charge in [0.2, 0.25) is 0 Å². The summed E-state index contributed by atoms with van der Waals surface area (Å²) in [5, 5.41) is 4.62. The lowest BCUT2D eigenvalue weighted by Gasteiger charge is -2.14. The van der Waals surface area contributed by atoms with Crippen LogP contribution < -0.4 is 5.32 Å². The van der Waals surface area contributed by atoms with Crippen LogP contribution in [0.4, 0.5) is 5.69 Å². The molecule has 0 aliphatic carbocycles. The Bertz CT molecular complexity index is 482. The molecule has 72 valence electrons. The molecule has 2 nitrogen and oxygen atoms in total. The van der Waals surface area contributed by atoms with E-state index < -0.39 is 0 Å². The van der Waals surface area contributed by atoms with Crippen molar-refractivity contribution in [2.45, 2.75) is 19.4 Å². The lowest BCUT2D eigenvalue weighted by molar-refractivity contribution is 0.636. The van der Waals surface area contributed by atoms with Gasteiger partial charge >= 0.3 is 0 Å². The Hall–Kier alpha value is -1.44. The standard InChI is InChI=1S/C12H14N2/c1-13-11-8-14-7-3-5-9-4-2-6-10(11)12(9)14/h2,4,6,8,13H,3,5,7H2,1H3. The molecule has 0 bridgehead atoms. The predicted molar refractivity (Wildman–Crippen MR) is 59.8 cm³/mol. The summed E-state index contributed by atoms with van der Waals surface area (Å²) in [5.41, 5.74) is 4.18. The highest BCUT2D eigenvalue weighted by molar-refractivity contribution is 5.95. The third-order valence-corrected chi connectivity index (χ3v) is 3.10. The predicted octanol–water partition coefficient (Wildman–Crippen LogP) is 2.63. The van der Waals surface area contributed by atoms with Crippen molar-refractivity contribution in [2.75, 3.05) is 12.4 Å². The van der Waals surface area contributed by atoms with Crippen molar-refractivity contribution in [1.82, 2.24) is 4.57 Å². The lowest BCUT2D eigenvalue weighted by atomic mass is 10.0. The number of para-hydroxylation sites is 1. The first kappa shape index (κ1) is 7.92. The summed E-state index contributed by atoms with van der Waals surface area (Å²) < 4.78 is 2.38. The highest BCUT2D eigenvalue weighted by Crippen LogP contribution is 2.31. The molecule has 2 heterocycles. The molecule has 0 fully saturated rings. The molecular formula is C12H14N2. The van der Waals surface area contributed by atoms with Crippen LogP contribution >= 0.6 is 0 Å². The maximum absolute atomic E-state index is 3.26. The van der Waals surface area contributed by atoms with Gasteiger partial charge in [-0.25, -0.2) is 0 Å². The van der Waals surface area contributed by atoms with Gasteiger partial charge in [-0.05, 0) is 18.4 Å². The summed E-state index contributed by atoms with van der Waals surface area (Å²) in [4.78, 5) is 0. The Morgan fingerprint density at radius 1 is 1.36 bits per heavy atom. The van der Waals surface area contributed by atoms with Crippen LogP contribution in [-0.2, 0) is 13.0 Å². The van der Waals surface area contributed by atoms with E-state index in [1.165, 1.54) is 35.0 Å². The largest absolute Gasteiger partial charge is 0.386 e. The number of nitrogens with zero attached hydrogens (tertiary/aromatic N) is 1. The van der Waals surface area contributed by atoms with Crippen LogP contribution in [0.2, 0.25) is 0 Å². The molecule has 1 aromatic carbocycles. The fourth-order valence-electron chi connectivity index (χ4n) is 2.45. The second-order valence-electron chi connectivity index (χ2n) is 3.90. The van der Waals surface area contributed by atoms with Crippen molar-refractivity contribution in [3.8, 4) is 0 Å². The van der Waals surface area contributed by atoms with Crippen LogP contribution in [0.5, 0.6) is 0 Å². The Kier molecular flexibility index (Phi) is 1.57. The second-order valence-corrected chi connectivity index (χ2v) is 3.90. The summed E-state index contributed by atoms with van der Waals surface area (Å²) in [7, 11) is 1.99. The first-order chi connectivity index (χ1) is 6.90. The van der Waals surface area contributed by atoms with E-state index >= 15 is 0 Å². The first-order valence-electron chi connectivity index (χ1n) is 5.18. The quantitative estimate of drug-likeness (QED) is 0.724. The average Bonchev–Trinajstić information content (AvgIpc) is 2.60. The van der Waals surface area contributed by atoms with Crippen molar-refractivity contribution in [2.24, 2.45) is 0 Å². The third kappa shape index (κ3) is 0.910. The molecule has 2 heteroatoms. The summed E-state index contributed by atoms with van der Waals surface area (Å²) in [5.74, 6) is 0. The average molecular weight is 186 g/mol. The molecule has 1 aliphatic rings. The van der Waals surface area contributed by atoms with E-state index in [1.54, 1.807) is 0 Å². The zero-order valence-corrected chi connectivity index (χ0v) is 8.38. The Labute approximate surface area is 83.5 Å². The molecule has 0 saturated carbocycles. The normalized spacial score (nSPS) is 14.6. The number of anilines is 1. The number of rotatable bonds is 1. The van der Waals surface area contributed by atoms with Crippen LogP contribution in [0.25, 0.3) is 10.9 Å². The SMILES string of the molecule is CNc1cn2c3c(cccc13)CCC2. The van der Waals surface area contributed by atoms with Gasteiger partial charge in [0.15, 0.2) is 0 Å². The van der Waals surface area contributed by atoms with E-state index in [9.17, 15) is 0 Å². The van der Waals surface area contributed by atoms with Crippen molar-refractivity contribution in [1.29, 1.82) is 0 Å². The van der Waals surface area contributed by atoms with Gasteiger partial charge in [-0.3, -0.25) is 0 Å². The molecule has 0 spiro atoms. The molecule has 0 unspecified atom stereocenters. The summed E-state index contributed by atoms with van der Waals surface area (Å²) in [6, 6.07) is 6.61. The lowest BCUT2D eigenvalue weighted by Crippen LogP contribution is -2.05. The van der Waals surface area contributed by atoms with Crippen molar-refractivity contribution in [3.63, 3.8) is 0 Å². The molecule has 1 aromatic heterocycles. The number of aromatic nitrogens is 1. The molecule has 3 rings (SSSR count). The van der Waals surface area contributed by atoms with E-state index in [4.69, 9.17) is 0 Å². The first-order valence-corrected chi connectivity index (χ1v) is 5.18.